The van der Waals surface area contributed by atoms with E-state index < -0.39 is 6.23 Å². The maximum atomic E-state index is 9.98. The molecule has 0 amide bonds. The molecule has 0 aromatic carbocycles. The molecule has 0 spiro atoms. The third-order valence-electron chi connectivity index (χ3n) is 4.11. The lowest BCUT2D eigenvalue weighted by molar-refractivity contribution is -0.167. The van der Waals surface area contributed by atoms with Crippen LogP contribution < -0.4 is 0 Å². The monoisotopic (exact) mass is 245 g/mol. The van der Waals surface area contributed by atoms with Crippen LogP contribution in [0, 0.1) is 11.8 Å². The van der Waals surface area contributed by atoms with Gasteiger partial charge in [-0.3, -0.25) is 4.90 Å². The second kappa shape index (κ2) is 5.65. The highest BCUT2D eigenvalue weighted by Gasteiger charge is 2.40. The van der Waals surface area contributed by atoms with Crippen LogP contribution >= 0.6 is 0 Å². The summed E-state index contributed by atoms with van der Waals surface area (Å²) in [5, 5.41) is 19.7. The van der Waals surface area contributed by atoms with E-state index in [1.165, 1.54) is 0 Å². The summed E-state index contributed by atoms with van der Waals surface area (Å²) in [5.41, 5.74) is 0. The van der Waals surface area contributed by atoms with Crippen LogP contribution in [-0.4, -0.2) is 46.3 Å². The highest BCUT2D eigenvalue weighted by atomic mass is 16.5. The molecule has 4 heteroatoms. The van der Waals surface area contributed by atoms with Crippen LogP contribution in [0.2, 0.25) is 0 Å². The maximum Gasteiger partial charge on any atom is 0.113 e. The van der Waals surface area contributed by atoms with Crippen LogP contribution in [0.3, 0.4) is 0 Å². The minimum absolute atomic E-state index is 0. The zero-order valence-electron chi connectivity index (χ0n) is 10.3. The lowest BCUT2D eigenvalue weighted by Gasteiger charge is -2.41. The summed E-state index contributed by atoms with van der Waals surface area (Å²) in [6, 6.07) is 0. The van der Waals surface area contributed by atoms with Gasteiger partial charge in [0.2, 0.25) is 0 Å². The van der Waals surface area contributed by atoms with Crippen molar-refractivity contribution >= 4 is 0 Å². The molecular weight excluding hydrogens is 218 g/mol. The topological polar surface area (TPSA) is 52.9 Å². The number of rotatable bonds is 1. The summed E-state index contributed by atoms with van der Waals surface area (Å²) in [7, 11) is 0. The number of piperidine rings is 1. The smallest absolute Gasteiger partial charge is 0.113 e. The first kappa shape index (κ1) is 14.9. The Bertz CT molecular complexity index is 239. The molecule has 0 aliphatic carbocycles. The Kier molecular flexibility index (Phi) is 4.95. The number of aliphatic hydroxyl groups excluding tert-OH is 2. The number of nitrogens with zero attached hydrogens (tertiary/aromatic N) is 1. The second-order valence-electron chi connectivity index (χ2n) is 5.47. The summed E-state index contributed by atoms with van der Waals surface area (Å²) in [6.07, 6.45) is 0.746. The Morgan fingerprint density at radius 3 is 2.24 bits per heavy atom. The van der Waals surface area contributed by atoms with Crippen molar-refractivity contribution in [2.24, 2.45) is 11.8 Å². The fraction of sp³-hybridized carbons (Fsp3) is 1.00. The fourth-order valence-electron chi connectivity index (χ4n) is 2.63. The average Bonchev–Trinajstić information content (AvgIpc) is 2.53. The van der Waals surface area contributed by atoms with Crippen LogP contribution in [0.25, 0.3) is 0 Å². The Morgan fingerprint density at radius 1 is 1.06 bits per heavy atom. The normalized spacial score (nSPS) is 47.8. The minimum Gasteiger partial charge on any atom is -0.393 e. The van der Waals surface area contributed by atoms with Gasteiger partial charge in [0.25, 0.3) is 0 Å². The predicted molar refractivity (Wildman–Crippen MR) is 67.3 cm³/mol. The zero-order chi connectivity index (χ0) is 11.9. The van der Waals surface area contributed by atoms with Crippen LogP contribution in [-0.2, 0) is 4.74 Å². The van der Waals surface area contributed by atoms with Crippen molar-refractivity contribution in [3.8, 4) is 0 Å². The predicted octanol–water partition coefficient (Wildman–Crippen LogP) is 1.41. The van der Waals surface area contributed by atoms with Crippen molar-refractivity contribution < 1.29 is 14.9 Å². The van der Waals surface area contributed by atoms with E-state index >= 15 is 0 Å². The van der Waals surface area contributed by atoms with Gasteiger partial charge in [0.15, 0.2) is 0 Å². The van der Waals surface area contributed by atoms with Crippen LogP contribution in [0.1, 0.15) is 41.0 Å². The zero-order valence-corrected chi connectivity index (χ0v) is 10.3. The Hall–Kier alpha value is -0.160. The lowest BCUT2D eigenvalue weighted by Crippen LogP contribution is -2.53. The number of hydrogen-bond acceptors (Lipinski definition) is 4. The van der Waals surface area contributed by atoms with Crippen molar-refractivity contribution in [1.82, 2.24) is 4.90 Å². The molecule has 2 rings (SSSR count). The fourth-order valence-corrected chi connectivity index (χ4v) is 2.63. The van der Waals surface area contributed by atoms with E-state index in [1.807, 2.05) is 11.8 Å². The Morgan fingerprint density at radius 2 is 1.71 bits per heavy atom. The molecule has 6 unspecified atom stereocenters. The Labute approximate surface area is 105 Å². The molecule has 2 aliphatic heterocycles. The minimum atomic E-state index is -0.561. The summed E-state index contributed by atoms with van der Waals surface area (Å²) in [6.45, 7) is 7.00. The van der Waals surface area contributed by atoms with Gasteiger partial charge in [0.1, 0.15) is 12.5 Å². The van der Waals surface area contributed by atoms with Crippen LogP contribution in [0.4, 0.5) is 0 Å². The number of ether oxygens (including phenoxy) is 1. The third kappa shape index (κ3) is 2.99. The first-order chi connectivity index (χ1) is 7.49. The van der Waals surface area contributed by atoms with Gasteiger partial charge in [0, 0.05) is 13.0 Å². The highest BCUT2D eigenvalue weighted by Crippen LogP contribution is 2.32. The molecule has 2 saturated heterocycles. The number of likely N-dealkylation sites (tertiary alicyclic amines) is 1. The number of hydrogen-bond donors (Lipinski definition) is 2. The van der Waals surface area contributed by atoms with Gasteiger partial charge < -0.3 is 14.9 Å². The standard InChI is InChI=1S/C12H23NO3.CH4/c1-7-4-12(16-9(7)3)13-6-8(2)10(14)5-11(13)15;/h7-12,14-15H,4-6H2,1-3H3;1H4. The van der Waals surface area contributed by atoms with Crippen molar-refractivity contribution in [2.45, 2.75) is 65.7 Å². The van der Waals surface area contributed by atoms with Gasteiger partial charge in [-0.1, -0.05) is 21.3 Å². The number of aliphatic hydroxyl groups is 2. The van der Waals surface area contributed by atoms with E-state index in [9.17, 15) is 10.2 Å². The molecule has 0 bridgehead atoms. The summed E-state index contributed by atoms with van der Waals surface area (Å²) in [5.74, 6) is 0.748. The van der Waals surface area contributed by atoms with Gasteiger partial charge in [-0.15, -0.1) is 0 Å². The molecule has 2 aliphatic rings. The molecule has 2 heterocycles. The van der Waals surface area contributed by atoms with E-state index in [2.05, 4.69) is 13.8 Å². The lowest BCUT2D eigenvalue weighted by atomic mass is 9.94. The molecule has 0 saturated carbocycles. The molecular formula is C13H27NO3. The SMILES string of the molecule is C.CC1CN(C2CC(C)C(C)O2)C(O)CC1O. The molecule has 0 aromatic rings. The summed E-state index contributed by atoms with van der Waals surface area (Å²) in [4.78, 5) is 2.00. The van der Waals surface area contributed by atoms with E-state index in [0.29, 0.717) is 18.9 Å². The van der Waals surface area contributed by atoms with Gasteiger partial charge in [-0.05, 0) is 25.2 Å². The summed E-state index contributed by atoms with van der Waals surface area (Å²) >= 11 is 0. The largest absolute Gasteiger partial charge is 0.393 e. The van der Waals surface area contributed by atoms with E-state index in [4.69, 9.17) is 4.74 Å². The van der Waals surface area contributed by atoms with E-state index in [-0.39, 0.29) is 31.8 Å². The van der Waals surface area contributed by atoms with Crippen molar-refractivity contribution in [3.63, 3.8) is 0 Å². The molecule has 0 radical (unpaired) electrons. The quantitative estimate of drug-likeness (QED) is 0.733. The van der Waals surface area contributed by atoms with Gasteiger partial charge >= 0.3 is 0 Å². The van der Waals surface area contributed by atoms with Crippen molar-refractivity contribution in [1.29, 1.82) is 0 Å². The molecule has 102 valence electrons. The molecule has 6 atom stereocenters. The average molecular weight is 245 g/mol. The van der Waals surface area contributed by atoms with Gasteiger partial charge in [-0.2, -0.15) is 0 Å². The Balaban J connectivity index is 0.00000144. The van der Waals surface area contributed by atoms with Gasteiger partial charge in [-0.25, -0.2) is 0 Å². The first-order valence-electron chi connectivity index (χ1n) is 6.26. The van der Waals surface area contributed by atoms with Crippen LogP contribution in [0.5, 0.6) is 0 Å². The van der Waals surface area contributed by atoms with Crippen LogP contribution in [0.15, 0.2) is 0 Å². The van der Waals surface area contributed by atoms with Crippen molar-refractivity contribution in [2.75, 3.05) is 6.54 Å². The third-order valence-corrected chi connectivity index (χ3v) is 4.11. The van der Waals surface area contributed by atoms with E-state index in [0.717, 1.165) is 6.42 Å². The molecule has 4 nitrogen and oxygen atoms in total. The summed E-state index contributed by atoms with van der Waals surface area (Å²) < 4.78 is 5.85. The molecule has 2 fully saturated rings. The molecule has 0 aromatic heterocycles. The second-order valence-corrected chi connectivity index (χ2v) is 5.47. The van der Waals surface area contributed by atoms with Crippen molar-refractivity contribution in [3.05, 3.63) is 0 Å². The highest BCUT2D eigenvalue weighted by molar-refractivity contribution is 4.85. The first-order valence-corrected chi connectivity index (χ1v) is 6.26. The maximum absolute atomic E-state index is 9.98. The van der Waals surface area contributed by atoms with Gasteiger partial charge in [0.05, 0.1) is 12.2 Å². The molecule has 17 heavy (non-hydrogen) atoms. The molecule has 2 N–H and O–H groups in total. The van der Waals surface area contributed by atoms with E-state index in [1.54, 1.807) is 0 Å².